The molecular weight excluding hydrogens is 741 g/mol. The standard InChI is InChI=1S/C45H66N4O9/c1-12-35-45(13-2)39(49(43(54)58-45)18-17-48(11)25-32-20-34(24-47-22-32)33-15-14-16-46-23-33)29(6)36(50)27(4)21-44(9,10)40(30(7)38(52)31(8)41(53)56-35)57-42-37(51)26(3)19-28(5)55-42/h14-16,20,22-24,26-31,35,37,39-40,42,51H,12-13,17-19,21,25H2,1-11H3/t26-,27+,28+,29-,30-,31+,35+,37+,39+,40+,42-,45+/m0/s1. The van der Waals surface area contributed by atoms with Gasteiger partial charge in [-0.25, -0.2) is 4.79 Å². The van der Waals surface area contributed by atoms with Crippen molar-refractivity contribution >= 4 is 23.6 Å². The minimum Gasteiger partial charge on any atom is -0.457 e. The number of ether oxygens (including phenoxy) is 4. The van der Waals surface area contributed by atoms with Gasteiger partial charge < -0.3 is 29.0 Å². The number of hydrogen-bond donors (Lipinski definition) is 1. The number of carbonyl (C=O) groups is 4. The van der Waals surface area contributed by atoms with Crippen LogP contribution in [0.25, 0.3) is 11.1 Å². The fraction of sp³-hybridized carbons (Fsp3) is 0.689. The van der Waals surface area contributed by atoms with Crippen molar-refractivity contribution < 1.29 is 43.2 Å². The van der Waals surface area contributed by atoms with E-state index in [-0.39, 0.29) is 43.0 Å². The highest BCUT2D eigenvalue weighted by Crippen LogP contribution is 2.45. The van der Waals surface area contributed by atoms with Gasteiger partial charge in [-0.1, -0.05) is 61.5 Å². The summed E-state index contributed by atoms with van der Waals surface area (Å²) >= 11 is 0. The van der Waals surface area contributed by atoms with Crippen LogP contribution in [0.15, 0.2) is 43.0 Å². The van der Waals surface area contributed by atoms with Gasteiger partial charge in [-0.3, -0.25) is 29.3 Å². The van der Waals surface area contributed by atoms with Gasteiger partial charge in [-0.05, 0) is 75.6 Å². The van der Waals surface area contributed by atoms with Crippen molar-refractivity contribution in [2.24, 2.45) is 35.0 Å². The first-order chi connectivity index (χ1) is 27.3. The maximum atomic E-state index is 14.8. The Hall–Kier alpha value is -3.78. The number of aromatic nitrogens is 2. The van der Waals surface area contributed by atoms with Crippen molar-refractivity contribution in [3.8, 4) is 11.1 Å². The maximum Gasteiger partial charge on any atom is 0.410 e. The van der Waals surface area contributed by atoms with E-state index in [1.807, 2.05) is 80.8 Å². The highest BCUT2D eigenvalue weighted by Gasteiger charge is 2.61. The highest BCUT2D eigenvalue weighted by atomic mass is 16.7. The molecule has 2 aromatic rings. The lowest BCUT2D eigenvalue weighted by Crippen LogP contribution is -2.60. The monoisotopic (exact) mass is 806 g/mol. The van der Waals surface area contributed by atoms with E-state index in [1.165, 1.54) is 6.92 Å². The predicted octanol–water partition coefficient (Wildman–Crippen LogP) is 6.50. The molecule has 320 valence electrons. The molecule has 1 amide bonds. The molecule has 1 N–H and O–H groups in total. The quantitative estimate of drug-likeness (QED) is 0.206. The number of carbonyl (C=O) groups excluding carboxylic acids is 4. The summed E-state index contributed by atoms with van der Waals surface area (Å²) in [5.74, 6) is -4.51. The number of fused-ring (bicyclic) bond motifs is 1. The van der Waals surface area contributed by atoms with Crippen LogP contribution in [-0.2, 0) is 39.9 Å². The lowest BCUT2D eigenvalue weighted by Gasteiger charge is -2.46. The average molecular weight is 807 g/mol. The van der Waals surface area contributed by atoms with Crippen molar-refractivity contribution in [2.75, 3.05) is 20.1 Å². The second-order valence-corrected chi connectivity index (χ2v) is 18.0. The van der Waals surface area contributed by atoms with Crippen LogP contribution in [0.2, 0.25) is 0 Å². The van der Waals surface area contributed by atoms with E-state index in [1.54, 1.807) is 30.4 Å². The Morgan fingerprint density at radius 3 is 2.33 bits per heavy atom. The zero-order valence-corrected chi connectivity index (χ0v) is 36.3. The predicted molar refractivity (Wildman–Crippen MR) is 218 cm³/mol. The summed E-state index contributed by atoms with van der Waals surface area (Å²) in [5, 5.41) is 11.1. The van der Waals surface area contributed by atoms with Gasteiger partial charge >= 0.3 is 12.1 Å². The van der Waals surface area contributed by atoms with E-state index in [4.69, 9.17) is 18.9 Å². The van der Waals surface area contributed by atoms with Crippen molar-refractivity contribution in [1.82, 2.24) is 19.8 Å². The van der Waals surface area contributed by atoms with E-state index in [2.05, 4.69) is 20.9 Å². The first-order valence-corrected chi connectivity index (χ1v) is 21.1. The Labute approximate surface area is 344 Å². The van der Waals surface area contributed by atoms with E-state index in [0.717, 1.165) is 16.7 Å². The smallest absolute Gasteiger partial charge is 0.410 e. The van der Waals surface area contributed by atoms with Crippen LogP contribution >= 0.6 is 0 Å². The third-order valence-corrected chi connectivity index (χ3v) is 12.9. The van der Waals surface area contributed by atoms with Gasteiger partial charge in [-0.15, -0.1) is 0 Å². The molecule has 5 heterocycles. The molecule has 0 bridgehead atoms. The number of pyridine rings is 2. The van der Waals surface area contributed by atoms with Crippen LogP contribution < -0.4 is 0 Å². The van der Waals surface area contributed by atoms with Gasteiger partial charge in [0.1, 0.15) is 23.9 Å². The van der Waals surface area contributed by atoms with E-state index in [9.17, 15) is 24.3 Å². The van der Waals surface area contributed by atoms with Crippen LogP contribution in [-0.4, -0.2) is 111 Å². The van der Waals surface area contributed by atoms with Crippen molar-refractivity contribution in [1.29, 1.82) is 0 Å². The molecule has 5 rings (SSSR count). The number of likely N-dealkylation sites (N-methyl/N-ethyl adjacent to an activating group) is 1. The molecule has 3 aliphatic heterocycles. The molecule has 3 aliphatic rings. The van der Waals surface area contributed by atoms with Crippen molar-refractivity contribution in [3.63, 3.8) is 0 Å². The van der Waals surface area contributed by atoms with Crippen molar-refractivity contribution in [2.45, 2.75) is 144 Å². The molecule has 13 heteroatoms. The number of esters is 1. The fourth-order valence-electron chi connectivity index (χ4n) is 9.86. The van der Waals surface area contributed by atoms with Crippen LogP contribution in [0.5, 0.6) is 0 Å². The maximum absolute atomic E-state index is 14.8. The molecule has 0 radical (unpaired) electrons. The molecule has 58 heavy (non-hydrogen) atoms. The summed E-state index contributed by atoms with van der Waals surface area (Å²) in [4.78, 5) is 69.6. The molecule has 3 fully saturated rings. The van der Waals surface area contributed by atoms with Gasteiger partial charge in [0.05, 0.1) is 18.2 Å². The Balaban J connectivity index is 1.46. The number of aliphatic hydroxyl groups excluding tert-OH is 1. The Kier molecular flexibility index (Phi) is 14.6. The van der Waals surface area contributed by atoms with E-state index < -0.39 is 77.4 Å². The molecule has 12 atom stereocenters. The highest BCUT2D eigenvalue weighted by molar-refractivity contribution is 6.00. The molecule has 0 spiro atoms. The number of rotatable bonds is 10. The summed E-state index contributed by atoms with van der Waals surface area (Å²) in [6.45, 7) is 19.7. The lowest BCUT2D eigenvalue weighted by atomic mass is 9.69. The zero-order valence-electron chi connectivity index (χ0n) is 36.3. The summed E-state index contributed by atoms with van der Waals surface area (Å²) in [7, 11) is 1.96. The second kappa shape index (κ2) is 18.6. The van der Waals surface area contributed by atoms with Gasteiger partial charge in [0.25, 0.3) is 0 Å². The van der Waals surface area contributed by atoms with Crippen LogP contribution in [0.4, 0.5) is 4.79 Å². The van der Waals surface area contributed by atoms with Gasteiger partial charge in [0.15, 0.2) is 17.7 Å². The molecule has 0 saturated carbocycles. The number of cyclic esters (lactones) is 1. The van der Waals surface area contributed by atoms with Crippen LogP contribution in [0, 0.1) is 35.0 Å². The normalized spacial score (nSPS) is 35.0. The molecule has 3 saturated heterocycles. The Bertz CT molecular complexity index is 1760. The van der Waals surface area contributed by atoms with E-state index >= 15 is 0 Å². The number of nitrogens with zero attached hydrogens (tertiary/aromatic N) is 4. The molecule has 0 unspecified atom stereocenters. The van der Waals surface area contributed by atoms with Crippen LogP contribution in [0.3, 0.4) is 0 Å². The number of aliphatic hydroxyl groups is 1. The second-order valence-electron chi connectivity index (χ2n) is 18.0. The zero-order chi connectivity index (χ0) is 42.7. The summed E-state index contributed by atoms with van der Waals surface area (Å²) in [6, 6.07) is 5.17. The first kappa shape index (κ1) is 45.3. The van der Waals surface area contributed by atoms with Gasteiger partial charge in [0.2, 0.25) is 0 Å². The van der Waals surface area contributed by atoms with E-state index in [0.29, 0.717) is 25.9 Å². The molecule has 2 aromatic heterocycles. The third-order valence-electron chi connectivity index (χ3n) is 12.9. The first-order valence-electron chi connectivity index (χ1n) is 21.1. The number of Topliss-reactive ketones (excluding diaryl/α,β-unsaturated/α-hetero) is 2. The van der Waals surface area contributed by atoms with Gasteiger partial charge in [-0.2, -0.15) is 0 Å². The summed E-state index contributed by atoms with van der Waals surface area (Å²) in [6.07, 6.45) is 4.29. The Morgan fingerprint density at radius 2 is 1.67 bits per heavy atom. The molecule has 13 nitrogen and oxygen atoms in total. The number of ketones is 2. The molecule has 0 aliphatic carbocycles. The topological polar surface area (TPSA) is 158 Å². The minimum absolute atomic E-state index is 0.0774. The van der Waals surface area contributed by atoms with Crippen LogP contribution in [0.1, 0.15) is 100 Å². The van der Waals surface area contributed by atoms with Crippen molar-refractivity contribution in [3.05, 3.63) is 48.5 Å². The third kappa shape index (κ3) is 9.48. The fourth-order valence-corrected chi connectivity index (χ4v) is 9.86. The number of amides is 1. The summed E-state index contributed by atoms with van der Waals surface area (Å²) < 4.78 is 25.2. The SMILES string of the molecule is CC[C@H]1OC(=O)[C@H](C)C(=O)[C@H](C)[C@@H](O[C@@H]2O[C@H](C)C[C@H](C)[C@H]2O)C(C)(C)C[C@@H](C)C(=O)[C@H](C)[C@H]2N(CCN(C)Cc3cncc(-c4cccnc4)c3)C(=O)O[C@]12CC. The largest absolute Gasteiger partial charge is 0.457 e. The number of hydrogen-bond acceptors (Lipinski definition) is 12. The molecule has 0 aromatic carbocycles. The molecular formula is C45H66N4O9. The summed E-state index contributed by atoms with van der Waals surface area (Å²) in [5.41, 5.74) is 0.751. The Morgan fingerprint density at radius 1 is 0.966 bits per heavy atom. The lowest BCUT2D eigenvalue weighted by molar-refractivity contribution is -0.284. The minimum atomic E-state index is -1.35. The van der Waals surface area contributed by atoms with Gasteiger partial charge in [0, 0.05) is 73.3 Å². The average Bonchev–Trinajstić information content (AvgIpc) is 3.49.